The second-order valence-corrected chi connectivity index (χ2v) is 7.22. The Balaban J connectivity index is 1.57. The molecule has 1 saturated heterocycles. The molecule has 0 unspecified atom stereocenters. The van der Waals surface area contributed by atoms with Crippen LogP contribution in [0.5, 0.6) is 0 Å². The molecule has 1 fully saturated rings. The van der Waals surface area contributed by atoms with Crippen molar-refractivity contribution in [1.82, 2.24) is 34.1 Å². The minimum absolute atomic E-state index is 0.290. The molecule has 0 atom stereocenters. The number of hydrogen-bond donors (Lipinski definition) is 1. The van der Waals surface area contributed by atoms with Crippen molar-refractivity contribution in [3.8, 4) is 22.9 Å². The van der Waals surface area contributed by atoms with Crippen LogP contribution in [0, 0.1) is 0 Å². The Bertz CT molecular complexity index is 1300. The Kier molecular flexibility index (Phi) is 3.70. The maximum Gasteiger partial charge on any atom is 0.165 e. The maximum atomic E-state index is 5.59. The van der Waals surface area contributed by atoms with Gasteiger partial charge in [-0.3, -0.25) is 0 Å². The number of hydrogen-bond acceptors (Lipinski definition) is 5. The van der Waals surface area contributed by atoms with Gasteiger partial charge in [0.05, 0.1) is 29.2 Å². The summed E-state index contributed by atoms with van der Waals surface area (Å²) in [7, 11) is 0. The lowest BCUT2D eigenvalue weighted by Gasteiger charge is -2.25. The number of nitrogens with zero attached hydrogens (tertiary/aromatic N) is 6. The summed E-state index contributed by atoms with van der Waals surface area (Å²) in [5.74, 6) is 1.55. The van der Waals surface area contributed by atoms with Gasteiger partial charge in [0.2, 0.25) is 0 Å². The van der Waals surface area contributed by atoms with E-state index in [1.165, 1.54) is 0 Å². The molecule has 0 amide bonds. The minimum atomic E-state index is 0.290. The Morgan fingerprint density at radius 3 is 2.83 bits per heavy atom. The molecule has 8 nitrogen and oxygen atoms in total. The number of aromatic amines is 1. The van der Waals surface area contributed by atoms with Crippen LogP contribution in [0.4, 0.5) is 0 Å². The lowest BCUT2D eigenvalue weighted by Crippen LogP contribution is -2.20. The van der Waals surface area contributed by atoms with Gasteiger partial charge in [-0.2, -0.15) is 5.10 Å². The Morgan fingerprint density at radius 1 is 1.03 bits per heavy atom. The number of aromatic nitrogens is 7. The smallest absolute Gasteiger partial charge is 0.165 e. The van der Waals surface area contributed by atoms with E-state index in [0.717, 1.165) is 59.8 Å². The van der Waals surface area contributed by atoms with Gasteiger partial charge in [0.25, 0.3) is 0 Å². The van der Waals surface area contributed by atoms with E-state index < -0.39 is 0 Å². The molecule has 1 aliphatic heterocycles. The fourth-order valence-electron chi connectivity index (χ4n) is 4.08. The summed E-state index contributed by atoms with van der Waals surface area (Å²) in [6.07, 6.45) is 9.35. The largest absolute Gasteiger partial charge is 0.381 e. The van der Waals surface area contributed by atoms with E-state index in [-0.39, 0.29) is 0 Å². The Labute approximate surface area is 166 Å². The molecule has 0 saturated carbocycles. The van der Waals surface area contributed by atoms with Crippen LogP contribution in [0.3, 0.4) is 0 Å². The number of H-pyrrole nitrogens is 1. The van der Waals surface area contributed by atoms with Gasteiger partial charge in [-0.25, -0.2) is 19.5 Å². The van der Waals surface area contributed by atoms with Crippen molar-refractivity contribution in [2.24, 2.45) is 0 Å². The second-order valence-electron chi connectivity index (χ2n) is 7.22. The molecular weight excluding hydrogens is 366 g/mol. The maximum absolute atomic E-state index is 5.59. The zero-order chi connectivity index (χ0) is 19.2. The van der Waals surface area contributed by atoms with E-state index in [2.05, 4.69) is 19.6 Å². The van der Waals surface area contributed by atoms with Crippen molar-refractivity contribution in [1.29, 1.82) is 0 Å². The average molecular weight is 385 g/mol. The normalized spacial score (nSPS) is 15.4. The van der Waals surface area contributed by atoms with E-state index in [1.807, 2.05) is 59.6 Å². The van der Waals surface area contributed by atoms with Crippen molar-refractivity contribution in [3.63, 3.8) is 0 Å². The molecule has 0 spiro atoms. The number of nitrogens with one attached hydrogen (secondary N) is 1. The van der Waals surface area contributed by atoms with Crippen LogP contribution in [-0.4, -0.2) is 47.3 Å². The monoisotopic (exact) mass is 385 g/mol. The first-order valence-corrected chi connectivity index (χ1v) is 9.78. The number of pyridine rings is 1. The average Bonchev–Trinajstić information content (AvgIpc) is 3.51. The summed E-state index contributed by atoms with van der Waals surface area (Å²) in [6, 6.07) is 10.3. The van der Waals surface area contributed by atoms with Gasteiger partial charge in [-0.15, -0.1) is 0 Å². The Morgan fingerprint density at radius 2 is 1.97 bits per heavy atom. The van der Waals surface area contributed by atoms with E-state index in [1.54, 1.807) is 0 Å². The van der Waals surface area contributed by atoms with Crippen molar-refractivity contribution < 1.29 is 4.74 Å². The molecule has 6 rings (SSSR count). The third-order valence-corrected chi connectivity index (χ3v) is 5.49. The van der Waals surface area contributed by atoms with Gasteiger partial charge in [0.15, 0.2) is 17.3 Å². The molecular formula is C21H19N7O. The third-order valence-electron chi connectivity index (χ3n) is 5.49. The summed E-state index contributed by atoms with van der Waals surface area (Å²) in [5.41, 5.74) is 4.51. The molecule has 6 heterocycles. The molecule has 5 aromatic heterocycles. The quantitative estimate of drug-likeness (QED) is 0.514. The molecule has 5 aromatic rings. The predicted octanol–water partition coefficient (Wildman–Crippen LogP) is 3.49. The first-order valence-electron chi connectivity index (χ1n) is 9.78. The van der Waals surface area contributed by atoms with Gasteiger partial charge in [-0.1, -0.05) is 6.07 Å². The summed E-state index contributed by atoms with van der Waals surface area (Å²) < 4.78 is 9.67. The summed E-state index contributed by atoms with van der Waals surface area (Å²) in [6.45, 7) is 1.50. The van der Waals surface area contributed by atoms with E-state index in [0.29, 0.717) is 11.9 Å². The van der Waals surface area contributed by atoms with Crippen LogP contribution in [0.1, 0.15) is 18.9 Å². The highest BCUT2D eigenvalue weighted by molar-refractivity contribution is 5.81. The molecule has 0 bridgehead atoms. The third kappa shape index (κ3) is 2.64. The zero-order valence-electron chi connectivity index (χ0n) is 15.7. The van der Waals surface area contributed by atoms with Crippen LogP contribution in [0.25, 0.3) is 39.6 Å². The van der Waals surface area contributed by atoms with E-state index in [4.69, 9.17) is 14.7 Å². The van der Waals surface area contributed by atoms with Crippen molar-refractivity contribution in [2.75, 3.05) is 13.2 Å². The predicted molar refractivity (Wildman–Crippen MR) is 108 cm³/mol. The van der Waals surface area contributed by atoms with E-state index >= 15 is 0 Å². The van der Waals surface area contributed by atoms with Crippen molar-refractivity contribution in [3.05, 3.63) is 55.1 Å². The van der Waals surface area contributed by atoms with Gasteiger partial charge >= 0.3 is 0 Å². The number of fused-ring (bicyclic) bond motifs is 2. The highest BCUT2D eigenvalue weighted by Gasteiger charge is 2.24. The van der Waals surface area contributed by atoms with Gasteiger partial charge in [0, 0.05) is 31.6 Å². The number of imidazole rings is 1. The van der Waals surface area contributed by atoms with Crippen LogP contribution in [-0.2, 0) is 4.74 Å². The molecule has 1 N–H and O–H groups in total. The van der Waals surface area contributed by atoms with Gasteiger partial charge in [-0.05, 0) is 37.1 Å². The van der Waals surface area contributed by atoms with E-state index in [9.17, 15) is 0 Å². The molecule has 1 aliphatic rings. The first-order chi connectivity index (χ1) is 14.4. The van der Waals surface area contributed by atoms with Gasteiger partial charge < -0.3 is 14.3 Å². The highest BCUT2D eigenvalue weighted by atomic mass is 16.5. The van der Waals surface area contributed by atoms with Crippen LogP contribution >= 0.6 is 0 Å². The van der Waals surface area contributed by atoms with Crippen LogP contribution in [0.2, 0.25) is 0 Å². The SMILES string of the molecule is c1c[nH]c(-c2nc3cnc(-c4cnn5ccccc45)nc3n2C2CCOCC2)c1. The molecule has 0 aliphatic carbocycles. The summed E-state index contributed by atoms with van der Waals surface area (Å²) in [4.78, 5) is 17.7. The van der Waals surface area contributed by atoms with Crippen LogP contribution in [0.15, 0.2) is 55.1 Å². The van der Waals surface area contributed by atoms with Crippen molar-refractivity contribution >= 4 is 16.7 Å². The Hall–Kier alpha value is -3.52. The summed E-state index contributed by atoms with van der Waals surface area (Å²) in [5, 5.41) is 4.43. The molecule has 8 heteroatoms. The van der Waals surface area contributed by atoms with Crippen LogP contribution < -0.4 is 0 Å². The molecule has 0 aromatic carbocycles. The lowest BCUT2D eigenvalue weighted by molar-refractivity contribution is 0.0708. The first kappa shape index (κ1) is 16.4. The highest BCUT2D eigenvalue weighted by Crippen LogP contribution is 2.32. The fourth-order valence-corrected chi connectivity index (χ4v) is 4.08. The molecule has 144 valence electrons. The van der Waals surface area contributed by atoms with Gasteiger partial charge in [0.1, 0.15) is 5.52 Å². The standard InChI is InChI=1S/C21H19N7O/c1-2-9-27-18(5-1)15(12-24-27)19-23-13-17-21(26-19)28(14-6-10-29-11-7-14)20(25-17)16-4-3-8-22-16/h1-5,8-9,12-14,22H,6-7,10-11H2. The minimum Gasteiger partial charge on any atom is -0.381 e. The number of rotatable bonds is 3. The zero-order valence-corrected chi connectivity index (χ0v) is 15.7. The second kappa shape index (κ2) is 6.52. The lowest BCUT2D eigenvalue weighted by atomic mass is 10.1. The summed E-state index contributed by atoms with van der Waals surface area (Å²) >= 11 is 0. The topological polar surface area (TPSA) is 85.9 Å². The van der Waals surface area contributed by atoms with Crippen molar-refractivity contribution in [2.45, 2.75) is 18.9 Å². The molecule has 0 radical (unpaired) electrons. The fraction of sp³-hybridized carbons (Fsp3) is 0.238. The molecule has 29 heavy (non-hydrogen) atoms. The number of ether oxygens (including phenoxy) is 1.